The van der Waals surface area contributed by atoms with Gasteiger partial charge >= 0.3 is 0 Å². The van der Waals surface area contributed by atoms with Crippen molar-refractivity contribution in [3.8, 4) is 5.75 Å². The third kappa shape index (κ3) is 3.93. The maximum absolute atomic E-state index is 8.74. The van der Waals surface area contributed by atoms with Gasteiger partial charge in [-0.3, -0.25) is 0 Å². The van der Waals surface area contributed by atoms with Crippen molar-refractivity contribution >= 4 is 17.2 Å². The van der Waals surface area contributed by atoms with E-state index in [1.807, 2.05) is 18.4 Å². The number of ether oxygens (including phenoxy) is 1. The number of nitrogens with one attached hydrogen (secondary N) is 1. The lowest BCUT2D eigenvalue weighted by molar-refractivity contribution is 0.318. The minimum Gasteiger partial charge on any atom is -0.496 e. The van der Waals surface area contributed by atoms with E-state index in [9.17, 15) is 0 Å². The SMILES string of the molecule is COc1ccc(/C(N)=N/O)cc1CNCc1csc(C)n1. The lowest BCUT2D eigenvalue weighted by Gasteiger charge is -2.11. The first-order valence-corrected chi connectivity index (χ1v) is 7.28. The second-order valence-corrected chi connectivity index (χ2v) is 5.54. The third-order valence-corrected chi connectivity index (χ3v) is 3.79. The molecule has 0 spiro atoms. The quantitative estimate of drug-likeness (QED) is 0.328. The predicted molar refractivity (Wildman–Crippen MR) is 82.9 cm³/mol. The molecule has 6 nitrogen and oxygen atoms in total. The molecule has 0 bridgehead atoms. The van der Waals surface area contributed by atoms with E-state index in [0.717, 1.165) is 22.0 Å². The van der Waals surface area contributed by atoms with Gasteiger partial charge in [0.05, 0.1) is 17.8 Å². The van der Waals surface area contributed by atoms with Crippen molar-refractivity contribution in [3.05, 3.63) is 45.4 Å². The molecule has 112 valence electrons. The molecule has 0 saturated carbocycles. The van der Waals surface area contributed by atoms with Gasteiger partial charge in [0.25, 0.3) is 0 Å². The van der Waals surface area contributed by atoms with Gasteiger partial charge in [-0.05, 0) is 25.1 Å². The predicted octanol–water partition coefficient (Wildman–Crippen LogP) is 1.84. The first-order valence-electron chi connectivity index (χ1n) is 6.40. The third-order valence-electron chi connectivity index (χ3n) is 2.97. The van der Waals surface area contributed by atoms with Gasteiger partial charge in [-0.1, -0.05) is 5.16 Å². The van der Waals surface area contributed by atoms with Crippen LogP contribution in [0.3, 0.4) is 0 Å². The molecule has 0 aliphatic carbocycles. The fraction of sp³-hybridized carbons (Fsp3) is 0.286. The van der Waals surface area contributed by atoms with Crippen LogP contribution in [-0.4, -0.2) is 23.1 Å². The summed E-state index contributed by atoms with van der Waals surface area (Å²) in [4.78, 5) is 4.40. The summed E-state index contributed by atoms with van der Waals surface area (Å²) in [6.07, 6.45) is 0. The number of thiazole rings is 1. The molecule has 0 aliphatic heterocycles. The molecule has 0 fully saturated rings. The minimum atomic E-state index is 0.0778. The molecule has 4 N–H and O–H groups in total. The summed E-state index contributed by atoms with van der Waals surface area (Å²) < 4.78 is 5.32. The smallest absolute Gasteiger partial charge is 0.170 e. The average Bonchev–Trinajstić information content (AvgIpc) is 2.91. The molecule has 2 aromatic rings. The Hall–Kier alpha value is -2.12. The molecule has 21 heavy (non-hydrogen) atoms. The number of nitrogens with zero attached hydrogens (tertiary/aromatic N) is 2. The highest BCUT2D eigenvalue weighted by Gasteiger charge is 2.07. The van der Waals surface area contributed by atoms with Gasteiger partial charge in [0, 0.05) is 29.6 Å². The lowest BCUT2D eigenvalue weighted by atomic mass is 10.1. The van der Waals surface area contributed by atoms with Crippen LogP contribution in [0.1, 0.15) is 21.8 Å². The summed E-state index contributed by atoms with van der Waals surface area (Å²) in [6.45, 7) is 3.27. The second-order valence-electron chi connectivity index (χ2n) is 4.47. The number of methoxy groups -OCH3 is 1. The summed E-state index contributed by atoms with van der Waals surface area (Å²) in [5, 5.41) is 18.2. The summed E-state index contributed by atoms with van der Waals surface area (Å²) in [5.74, 6) is 0.834. The Bertz CT molecular complexity index is 640. The van der Waals surface area contributed by atoms with Gasteiger partial charge in [0.2, 0.25) is 0 Å². The fourth-order valence-electron chi connectivity index (χ4n) is 1.95. The number of rotatable bonds is 6. The van der Waals surface area contributed by atoms with Gasteiger partial charge in [0.1, 0.15) is 5.75 Å². The van der Waals surface area contributed by atoms with Crippen molar-refractivity contribution in [3.63, 3.8) is 0 Å². The topological polar surface area (TPSA) is 92.8 Å². The molecule has 1 heterocycles. The van der Waals surface area contributed by atoms with E-state index in [1.165, 1.54) is 0 Å². The van der Waals surface area contributed by atoms with E-state index in [-0.39, 0.29) is 5.84 Å². The van der Waals surface area contributed by atoms with E-state index >= 15 is 0 Å². The molecular formula is C14H18N4O2S. The van der Waals surface area contributed by atoms with Crippen LogP contribution >= 0.6 is 11.3 Å². The highest BCUT2D eigenvalue weighted by Crippen LogP contribution is 2.20. The molecule has 0 unspecified atom stereocenters. The molecule has 0 radical (unpaired) electrons. The number of hydrogen-bond acceptors (Lipinski definition) is 6. The number of oxime groups is 1. The Labute approximate surface area is 127 Å². The number of hydrogen-bond donors (Lipinski definition) is 3. The summed E-state index contributed by atoms with van der Waals surface area (Å²) >= 11 is 1.63. The zero-order chi connectivity index (χ0) is 15.2. The van der Waals surface area contributed by atoms with E-state index in [0.29, 0.717) is 18.7 Å². The van der Waals surface area contributed by atoms with Crippen LogP contribution in [0, 0.1) is 6.92 Å². The van der Waals surface area contributed by atoms with Crippen LogP contribution in [0.2, 0.25) is 0 Å². The number of aromatic nitrogens is 1. The fourth-order valence-corrected chi connectivity index (χ4v) is 2.56. The molecule has 0 atom stereocenters. The van der Waals surface area contributed by atoms with E-state index in [1.54, 1.807) is 30.6 Å². The molecular weight excluding hydrogens is 288 g/mol. The number of aryl methyl sites for hydroxylation is 1. The zero-order valence-electron chi connectivity index (χ0n) is 12.0. The van der Waals surface area contributed by atoms with Gasteiger partial charge in [-0.25, -0.2) is 4.98 Å². The molecule has 0 saturated heterocycles. The highest BCUT2D eigenvalue weighted by atomic mass is 32.1. The molecule has 0 aliphatic rings. The Kier molecular flexibility index (Phi) is 5.13. The van der Waals surface area contributed by atoms with Crippen molar-refractivity contribution in [2.24, 2.45) is 10.9 Å². The zero-order valence-corrected chi connectivity index (χ0v) is 12.8. The van der Waals surface area contributed by atoms with E-state index < -0.39 is 0 Å². The first-order chi connectivity index (χ1) is 10.1. The largest absolute Gasteiger partial charge is 0.496 e. The molecule has 7 heteroatoms. The van der Waals surface area contributed by atoms with Crippen molar-refractivity contribution < 1.29 is 9.94 Å². The van der Waals surface area contributed by atoms with Gasteiger partial charge in [0.15, 0.2) is 5.84 Å². The Balaban J connectivity index is 2.06. The Morgan fingerprint density at radius 1 is 1.48 bits per heavy atom. The molecule has 1 aromatic heterocycles. The molecule has 0 amide bonds. The van der Waals surface area contributed by atoms with Gasteiger partial charge < -0.3 is 21.0 Å². The summed E-state index contributed by atoms with van der Waals surface area (Å²) in [6, 6.07) is 5.39. The van der Waals surface area contributed by atoms with Gasteiger partial charge in [-0.15, -0.1) is 11.3 Å². The van der Waals surface area contributed by atoms with E-state index in [4.69, 9.17) is 15.7 Å². The van der Waals surface area contributed by atoms with Crippen LogP contribution < -0.4 is 15.8 Å². The summed E-state index contributed by atoms with van der Waals surface area (Å²) in [7, 11) is 1.62. The van der Waals surface area contributed by atoms with Crippen molar-refractivity contribution in [1.82, 2.24) is 10.3 Å². The summed E-state index contributed by atoms with van der Waals surface area (Å²) in [5.41, 5.74) is 8.22. The molecule has 2 rings (SSSR count). The monoisotopic (exact) mass is 306 g/mol. The minimum absolute atomic E-state index is 0.0778. The van der Waals surface area contributed by atoms with Crippen LogP contribution in [-0.2, 0) is 13.1 Å². The number of benzene rings is 1. The van der Waals surface area contributed by atoms with Gasteiger partial charge in [-0.2, -0.15) is 0 Å². The van der Waals surface area contributed by atoms with E-state index in [2.05, 4.69) is 15.5 Å². The Morgan fingerprint density at radius 2 is 2.29 bits per heavy atom. The van der Waals surface area contributed by atoms with Crippen molar-refractivity contribution in [2.75, 3.05) is 7.11 Å². The van der Waals surface area contributed by atoms with Crippen LogP contribution in [0.4, 0.5) is 0 Å². The average molecular weight is 306 g/mol. The number of amidine groups is 1. The number of nitrogens with two attached hydrogens (primary N) is 1. The van der Waals surface area contributed by atoms with Crippen LogP contribution in [0.25, 0.3) is 0 Å². The first kappa shape index (κ1) is 15.3. The standard InChI is InChI=1S/C14H18N4O2S/c1-9-17-12(8-21-9)7-16-6-11-5-10(14(15)18-19)3-4-13(11)20-2/h3-5,8,16,19H,6-7H2,1-2H3,(H2,15,18). The lowest BCUT2D eigenvalue weighted by Crippen LogP contribution is -2.16. The Morgan fingerprint density at radius 3 is 2.90 bits per heavy atom. The maximum atomic E-state index is 8.74. The van der Waals surface area contributed by atoms with Crippen LogP contribution in [0.15, 0.2) is 28.7 Å². The molecule has 1 aromatic carbocycles. The maximum Gasteiger partial charge on any atom is 0.170 e. The highest BCUT2D eigenvalue weighted by molar-refractivity contribution is 7.09. The normalized spacial score (nSPS) is 11.6. The van der Waals surface area contributed by atoms with Crippen LogP contribution in [0.5, 0.6) is 5.75 Å². The van der Waals surface area contributed by atoms with Crippen molar-refractivity contribution in [1.29, 1.82) is 0 Å². The van der Waals surface area contributed by atoms with Crippen molar-refractivity contribution in [2.45, 2.75) is 20.0 Å². The second kappa shape index (κ2) is 7.05.